The Bertz CT molecular complexity index is 1750. The van der Waals surface area contributed by atoms with E-state index in [2.05, 4.69) is 73.4 Å². The molecule has 3 heterocycles. The molecule has 3 aliphatic rings. The Balaban J connectivity index is 1.70. The average molecular weight is 1220 g/mol. The van der Waals surface area contributed by atoms with Gasteiger partial charge in [-0.2, -0.15) is 8.42 Å². The molecule has 0 saturated carbocycles. The molecule has 494 valence electrons. The van der Waals surface area contributed by atoms with Crippen molar-refractivity contribution in [1.29, 1.82) is 0 Å². The van der Waals surface area contributed by atoms with Crippen LogP contribution in [0.15, 0.2) is 0 Å². The first kappa shape index (κ1) is 76.4. The van der Waals surface area contributed by atoms with Crippen LogP contribution in [-0.2, 0) is 52.5 Å². The van der Waals surface area contributed by atoms with Crippen LogP contribution in [0.3, 0.4) is 0 Å². The van der Waals surface area contributed by atoms with E-state index in [1.54, 1.807) is 0 Å². The first-order chi connectivity index (χ1) is 39.2. The van der Waals surface area contributed by atoms with Crippen molar-refractivity contribution in [1.82, 2.24) is 0 Å². The van der Waals surface area contributed by atoms with Gasteiger partial charge in [0.05, 0.1) is 33.0 Å². The van der Waals surface area contributed by atoms with Crippen LogP contribution in [0.5, 0.6) is 0 Å². The van der Waals surface area contributed by atoms with Crippen LogP contribution < -0.4 is 0 Å². The van der Waals surface area contributed by atoms with Crippen molar-refractivity contribution in [2.24, 2.45) is 47.3 Å². The highest BCUT2D eigenvalue weighted by Crippen LogP contribution is 2.34. The molecule has 0 amide bonds. The van der Waals surface area contributed by atoms with Gasteiger partial charge in [0, 0.05) is 13.2 Å². The van der Waals surface area contributed by atoms with E-state index in [1.165, 1.54) is 89.9 Å². The summed E-state index contributed by atoms with van der Waals surface area (Å²) in [5.74, 6) is 5.23. The molecule has 22 heteroatoms. The second-order valence-electron chi connectivity index (χ2n) is 26.3. The number of aliphatic hydroxyl groups is 9. The summed E-state index contributed by atoms with van der Waals surface area (Å²) < 4.78 is 84.4. The number of aliphatic hydroxyl groups excluding tert-OH is 9. The lowest BCUT2D eigenvalue weighted by atomic mass is 9.91. The lowest BCUT2D eigenvalue weighted by Gasteiger charge is -2.48. The van der Waals surface area contributed by atoms with E-state index >= 15 is 0 Å². The van der Waals surface area contributed by atoms with Crippen molar-refractivity contribution in [2.45, 2.75) is 296 Å². The predicted molar refractivity (Wildman–Crippen MR) is 313 cm³/mol. The maximum absolute atomic E-state index is 11.6. The van der Waals surface area contributed by atoms with Gasteiger partial charge in [-0.25, -0.2) is 4.18 Å². The Morgan fingerprint density at radius 1 is 0.410 bits per heavy atom. The lowest BCUT2D eigenvalue weighted by molar-refractivity contribution is -0.394. The minimum Gasteiger partial charge on any atom is -0.394 e. The molecule has 6 unspecified atom stereocenters. The van der Waals surface area contributed by atoms with Gasteiger partial charge in [-0.1, -0.05) is 185 Å². The minimum absolute atomic E-state index is 0.138. The van der Waals surface area contributed by atoms with E-state index in [0.717, 1.165) is 62.2 Å². The molecule has 3 aliphatic heterocycles. The zero-order valence-corrected chi connectivity index (χ0v) is 53.1. The molecule has 21 nitrogen and oxygen atoms in total. The van der Waals surface area contributed by atoms with Crippen molar-refractivity contribution in [3.63, 3.8) is 0 Å². The highest BCUT2D eigenvalue weighted by atomic mass is 32.3. The SMILES string of the molecule is CC(C)CCCC(C)CCCC(C)CCCC(C)CCOC[C@H](CO[C@H]1O[C@H](CO)[C@@H](O)[C@H](O)[C@H]1O[C@H]1O[C@H](CO)[C@@H](O)[C@H](O)[C@H]1O[C@H]1O[C@H](COS(=O)(=O)O)[C@@H](O)[C@H](O)[C@@H]1O)OCCC(C)CCCC(C)CCCC(C)CCCC(C)C. The summed E-state index contributed by atoms with van der Waals surface area (Å²) >= 11 is 0. The van der Waals surface area contributed by atoms with Crippen LogP contribution >= 0.6 is 0 Å². The molecule has 3 saturated heterocycles. The van der Waals surface area contributed by atoms with Crippen molar-refractivity contribution in [2.75, 3.05) is 46.2 Å². The molecule has 3 rings (SSSR count). The summed E-state index contributed by atoms with van der Waals surface area (Å²) in [5, 5.41) is 97.4. The largest absolute Gasteiger partial charge is 0.397 e. The zero-order valence-electron chi connectivity index (χ0n) is 52.3. The molecule has 0 aromatic heterocycles. The van der Waals surface area contributed by atoms with Crippen LogP contribution in [-0.4, -0.2) is 203 Å². The maximum Gasteiger partial charge on any atom is 0.397 e. The van der Waals surface area contributed by atoms with E-state index < -0.39 is 128 Å². The highest BCUT2D eigenvalue weighted by molar-refractivity contribution is 7.80. The molecule has 0 aromatic carbocycles. The van der Waals surface area contributed by atoms with Gasteiger partial charge in [0.2, 0.25) is 0 Å². The van der Waals surface area contributed by atoms with Gasteiger partial charge in [-0.15, -0.1) is 0 Å². The fourth-order valence-electron chi connectivity index (χ4n) is 11.4. The Labute approximate surface area is 499 Å². The first-order valence-electron chi connectivity index (χ1n) is 31.9. The second-order valence-corrected chi connectivity index (χ2v) is 27.4. The Morgan fingerprint density at radius 3 is 1.19 bits per heavy atom. The summed E-state index contributed by atoms with van der Waals surface area (Å²) in [6.07, 6.45) is -4.24. The molecule has 0 aliphatic carbocycles. The molecule has 22 atom stereocenters. The van der Waals surface area contributed by atoms with Gasteiger partial charge in [-0.05, 0) is 60.2 Å². The average Bonchev–Trinajstić information content (AvgIpc) is 3.36. The minimum atomic E-state index is -5.06. The highest BCUT2D eigenvalue weighted by Gasteiger charge is 2.54. The van der Waals surface area contributed by atoms with Crippen molar-refractivity contribution < 1.29 is 101 Å². The Morgan fingerprint density at radius 2 is 0.771 bits per heavy atom. The smallest absolute Gasteiger partial charge is 0.394 e. The summed E-state index contributed by atoms with van der Waals surface area (Å²) in [6.45, 7) is 21.3. The van der Waals surface area contributed by atoms with Crippen LogP contribution in [0, 0.1) is 47.3 Å². The standard InChI is InChI=1S/C61H118O21S/c1-38(2)17-11-19-40(5)21-13-23-42(7)25-15-27-44(9)29-31-74-35-46(75-32-30-45(10)28-16-26-43(8)24-14-22-41(6)20-12-18-39(3)4)36-76-60-57(54(68)50(64)47(33-62)78-60)82-61-58(55(69)51(65)48(34-63)79-61)81-59-56(70)53(67)52(66)49(80-59)37-77-83(71,72)73/h38-70H,11-37H2,1-10H3,(H,71,72,73)/t40?,41?,42?,43?,44?,45?,46-,47-,48-,49-,50-,51-,52-,53+,54+,55+,56+,57-,58-,59-,60+,61-/m1/s1. The van der Waals surface area contributed by atoms with Gasteiger partial charge < -0.3 is 83.9 Å². The summed E-state index contributed by atoms with van der Waals surface area (Å²) in [5.41, 5.74) is 0. The first-order valence-corrected chi connectivity index (χ1v) is 33.3. The molecule has 0 spiro atoms. The van der Waals surface area contributed by atoms with Gasteiger partial charge >= 0.3 is 10.4 Å². The molecule has 83 heavy (non-hydrogen) atoms. The van der Waals surface area contributed by atoms with E-state index in [-0.39, 0.29) is 13.2 Å². The van der Waals surface area contributed by atoms with Gasteiger partial charge in [-0.3, -0.25) is 4.55 Å². The van der Waals surface area contributed by atoms with Crippen molar-refractivity contribution in [3.8, 4) is 0 Å². The molecule has 0 bridgehead atoms. The predicted octanol–water partition coefficient (Wildman–Crippen LogP) is 6.61. The lowest BCUT2D eigenvalue weighted by Crippen LogP contribution is -2.67. The zero-order chi connectivity index (χ0) is 61.8. The number of hydrogen-bond acceptors (Lipinski definition) is 20. The van der Waals surface area contributed by atoms with E-state index in [4.69, 9.17) is 42.4 Å². The maximum atomic E-state index is 11.6. The summed E-state index contributed by atoms with van der Waals surface area (Å²) in [4.78, 5) is 0. The van der Waals surface area contributed by atoms with E-state index in [1.807, 2.05) is 0 Å². The third kappa shape index (κ3) is 29.6. The number of rotatable bonds is 45. The van der Waals surface area contributed by atoms with Gasteiger partial charge in [0.25, 0.3) is 0 Å². The molecule has 3 fully saturated rings. The van der Waals surface area contributed by atoms with Crippen LogP contribution in [0.25, 0.3) is 0 Å². The van der Waals surface area contributed by atoms with Gasteiger partial charge in [0.15, 0.2) is 18.9 Å². The third-order valence-electron chi connectivity index (χ3n) is 17.3. The second kappa shape index (κ2) is 40.7. The third-order valence-corrected chi connectivity index (χ3v) is 17.7. The topological polar surface area (TPSA) is 320 Å². The quantitative estimate of drug-likeness (QED) is 0.0226. The number of hydrogen-bond donors (Lipinski definition) is 10. The summed E-state index contributed by atoms with van der Waals surface area (Å²) in [6, 6.07) is 0. The van der Waals surface area contributed by atoms with Crippen LogP contribution in [0.1, 0.15) is 198 Å². The van der Waals surface area contributed by atoms with E-state index in [9.17, 15) is 54.4 Å². The molecule has 0 aromatic rings. The normalized spacial score (nSPS) is 31.7. The Hall–Kier alpha value is -0.810. The molecule has 10 N–H and O–H groups in total. The van der Waals surface area contributed by atoms with E-state index in [0.29, 0.717) is 36.9 Å². The molecule has 0 radical (unpaired) electrons. The monoisotopic (exact) mass is 1220 g/mol. The Kier molecular flexibility index (Phi) is 37.5. The van der Waals surface area contributed by atoms with Crippen molar-refractivity contribution in [3.05, 3.63) is 0 Å². The molecular weight excluding hydrogens is 1100 g/mol. The number of ether oxygens (including phenoxy) is 8. The van der Waals surface area contributed by atoms with Gasteiger partial charge in [0.1, 0.15) is 79.4 Å². The van der Waals surface area contributed by atoms with Crippen molar-refractivity contribution >= 4 is 10.4 Å². The molecular formula is C61H118O21S. The van der Waals surface area contributed by atoms with Crippen LogP contribution in [0.2, 0.25) is 0 Å². The van der Waals surface area contributed by atoms with Crippen LogP contribution in [0.4, 0.5) is 0 Å². The fraction of sp³-hybridized carbons (Fsp3) is 1.00. The summed E-state index contributed by atoms with van der Waals surface area (Å²) in [7, 11) is -5.06. The fourth-order valence-corrected chi connectivity index (χ4v) is 11.7.